The summed E-state index contributed by atoms with van der Waals surface area (Å²) in [7, 11) is 0. The second kappa shape index (κ2) is 9.06. The Hall–Kier alpha value is -1.79. The lowest BCUT2D eigenvalue weighted by molar-refractivity contribution is -0.148. The Bertz CT molecular complexity index is 481. The lowest BCUT2D eigenvalue weighted by Crippen LogP contribution is -2.63. The van der Waals surface area contributed by atoms with E-state index in [-0.39, 0.29) is 17.9 Å². The highest BCUT2D eigenvalue weighted by Gasteiger charge is 2.44. The minimum Gasteiger partial charge on any atom is -0.481 e. The molecule has 0 spiro atoms. The van der Waals surface area contributed by atoms with Crippen LogP contribution in [0, 0.1) is 5.92 Å². The predicted molar refractivity (Wildman–Crippen MR) is 94.2 cm³/mol. The molecule has 1 heterocycles. The van der Waals surface area contributed by atoms with Crippen LogP contribution in [0.15, 0.2) is 0 Å². The zero-order valence-corrected chi connectivity index (χ0v) is 15.2. The number of nitrogens with zero attached hydrogens (tertiary/aromatic N) is 1. The Morgan fingerprint density at radius 2 is 1.76 bits per heavy atom. The maximum absolute atomic E-state index is 13.2. The molecule has 0 aromatic heterocycles. The number of carboxylic acids is 1. The van der Waals surface area contributed by atoms with Gasteiger partial charge in [0.1, 0.15) is 5.54 Å². The molecule has 2 fully saturated rings. The van der Waals surface area contributed by atoms with E-state index in [0.717, 1.165) is 32.1 Å². The van der Waals surface area contributed by atoms with Crippen LogP contribution in [0.3, 0.4) is 0 Å². The van der Waals surface area contributed by atoms with Gasteiger partial charge in [0.2, 0.25) is 5.91 Å². The Morgan fingerprint density at radius 3 is 2.32 bits per heavy atom. The number of carbonyl (C=O) groups excluding carboxylic acids is 2. The summed E-state index contributed by atoms with van der Waals surface area (Å²) in [4.78, 5) is 38.2. The average molecular weight is 353 g/mol. The van der Waals surface area contributed by atoms with E-state index in [1.807, 2.05) is 0 Å². The van der Waals surface area contributed by atoms with Crippen molar-refractivity contribution in [3.63, 3.8) is 0 Å². The van der Waals surface area contributed by atoms with Gasteiger partial charge in [-0.2, -0.15) is 0 Å². The second-order valence-corrected chi connectivity index (χ2v) is 7.28. The van der Waals surface area contributed by atoms with Crippen molar-refractivity contribution in [2.24, 2.45) is 5.92 Å². The van der Waals surface area contributed by atoms with Gasteiger partial charge in [-0.1, -0.05) is 32.6 Å². The largest absolute Gasteiger partial charge is 0.481 e. The number of hydrogen-bond acceptors (Lipinski definition) is 3. The zero-order valence-electron chi connectivity index (χ0n) is 15.2. The number of amides is 3. The predicted octanol–water partition coefficient (Wildman–Crippen LogP) is 2.11. The maximum atomic E-state index is 13.2. The molecular formula is C18H31N3O4. The summed E-state index contributed by atoms with van der Waals surface area (Å²) in [5.41, 5.74) is -0.829. The number of carbonyl (C=O) groups is 3. The molecule has 7 nitrogen and oxygen atoms in total. The van der Waals surface area contributed by atoms with E-state index in [1.165, 1.54) is 0 Å². The first-order valence-electron chi connectivity index (χ1n) is 9.56. The summed E-state index contributed by atoms with van der Waals surface area (Å²) >= 11 is 0. The van der Waals surface area contributed by atoms with E-state index < -0.39 is 11.5 Å². The summed E-state index contributed by atoms with van der Waals surface area (Å²) in [5, 5.41) is 14.9. The highest BCUT2D eigenvalue weighted by atomic mass is 16.4. The summed E-state index contributed by atoms with van der Waals surface area (Å²) in [6.45, 7) is 3.58. The summed E-state index contributed by atoms with van der Waals surface area (Å²) < 4.78 is 0. The molecule has 1 saturated carbocycles. The molecule has 0 atom stereocenters. The third-order valence-electron chi connectivity index (χ3n) is 5.42. The van der Waals surface area contributed by atoms with Gasteiger partial charge >= 0.3 is 12.0 Å². The van der Waals surface area contributed by atoms with E-state index in [4.69, 9.17) is 5.11 Å². The second-order valence-electron chi connectivity index (χ2n) is 7.28. The van der Waals surface area contributed by atoms with Crippen molar-refractivity contribution < 1.29 is 19.5 Å². The minimum atomic E-state index is -0.829. The smallest absolute Gasteiger partial charge is 0.315 e. The zero-order chi connectivity index (χ0) is 18.3. The fourth-order valence-electron chi connectivity index (χ4n) is 3.82. The Balaban J connectivity index is 1.99. The Labute approximate surface area is 149 Å². The van der Waals surface area contributed by atoms with Gasteiger partial charge in [0, 0.05) is 19.6 Å². The van der Waals surface area contributed by atoms with Gasteiger partial charge in [-0.05, 0) is 32.1 Å². The first-order valence-corrected chi connectivity index (χ1v) is 9.56. The molecule has 142 valence electrons. The highest BCUT2D eigenvalue weighted by Crippen LogP contribution is 2.31. The van der Waals surface area contributed by atoms with Crippen molar-refractivity contribution in [1.29, 1.82) is 0 Å². The molecule has 0 unspecified atom stereocenters. The van der Waals surface area contributed by atoms with Crippen LogP contribution in [0.4, 0.5) is 4.79 Å². The molecule has 7 heteroatoms. The first-order chi connectivity index (χ1) is 12.0. The molecule has 0 radical (unpaired) electrons. The van der Waals surface area contributed by atoms with E-state index in [0.29, 0.717) is 45.3 Å². The van der Waals surface area contributed by atoms with E-state index in [9.17, 15) is 14.4 Å². The topological polar surface area (TPSA) is 98.7 Å². The fraction of sp³-hybridized carbons (Fsp3) is 0.833. The van der Waals surface area contributed by atoms with E-state index in [2.05, 4.69) is 17.6 Å². The molecule has 2 rings (SSSR count). The van der Waals surface area contributed by atoms with Gasteiger partial charge in [0.25, 0.3) is 0 Å². The van der Waals surface area contributed by atoms with Crippen molar-refractivity contribution in [1.82, 2.24) is 15.5 Å². The molecular weight excluding hydrogens is 322 g/mol. The lowest BCUT2D eigenvalue weighted by Gasteiger charge is -2.42. The third kappa shape index (κ3) is 5.09. The van der Waals surface area contributed by atoms with Crippen LogP contribution in [-0.4, -0.2) is 53.1 Å². The van der Waals surface area contributed by atoms with Crippen molar-refractivity contribution in [2.75, 3.05) is 19.6 Å². The lowest BCUT2D eigenvalue weighted by atomic mass is 9.80. The highest BCUT2D eigenvalue weighted by molar-refractivity contribution is 5.91. The molecule has 1 aliphatic heterocycles. The third-order valence-corrected chi connectivity index (χ3v) is 5.42. The number of likely N-dealkylation sites (tertiary alicyclic amines) is 1. The van der Waals surface area contributed by atoms with Crippen molar-refractivity contribution >= 4 is 17.9 Å². The van der Waals surface area contributed by atoms with Crippen molar-refractivity contribution in [2.45, 2.75) is 70.3 Å². The summed E-state index contributed by atoms with van der Waals surface area (Å²) in [6.07, 6.45) is 7.13. The normalized spacial score (nSPS) is 20.8. The van der Waals surface area contributed by atoms with Gasteiger partial charge in [-0.3, -0.25) is 9.59 Å². The number of aliphatic carboxylic acids is 1. The van der Waals surface area contributed by atoms with Crippen LogP contribution in [0.1, 0.15) is 64.7 Å². The van der Waals surface area contributed by atoms with Crippen LogP contribution in [0.2, 0.25) is 0 Å². The molecule has 1 aliphatic carbocycles. The molecule has 2 aliphatic rings. The quantitative estimate of drug-likeness (QED) is 0.637. The number of nitrogens with one attached hydrogen (secondary N) is 2. The van der Waals surface area contributed by atoms with Crippen LogP contribution in [-0.2, 0) is 9.59 Å². The van der Waals surface area contributed by atoms with Crippen molar-refractivity contribution in [3.05, 3.63) is 0 Å². The standard InChI is InChI=1S/C18H31N3O4/c1-2-3-11-19-17(25)20-18(9-5-4-6-10-18)16(24)21-12-7-14(8-13-21)15(22)23/h14H,2-13H2,1H3,(H,22,23)(H2,19,20,25). The molecule has 0 bridgehead atoms. The van der Waals surface area contributed by atoms with Crippen LogP contribution < -0.4 is 10.6 Å². The van der Waals surface area contributed by atoms with E-state index in [1.54, 1.807) is 4.90 Å². The molecule has 25 heavy (non-hydrogen) atoms. The molecule has 0 aromatic carbocycles. The maximum Gasteiger partial charge on any atom is 0.315 e. The Kier molecular flexibility index (Phi) is 7.08. The van der Waals surface area contributed by atoms with E-state index >= 15 is 0 Å². The SMILES string of the molecule is CCCCNC(=O)NC1(C(=O)N2CCC(C(=O)O)CC2)CCCCC1. The van der Waals surface area contributed by atoms with Gasteiger partial charge in [0.05, 0.1) is 5.92 Å². The summed E-state index contributed by atoms with van der Waals surface area (Å²) in [6, 6.07) is -0.274. The van der Waals surface area contributed by atoms with Crippen LogP contribution >= 0.6 is 0 Å². The number of carboxylic acid groups (broad SMARTS) is 1. The molecule has 1 saturated heterocycles. The van der Waals surface area contributed by atoms with Crippen molar-refractivity contribution in [3.8, 4) is 0 Å². The number of unbranched alkanes of at least 4 members (excludes halogenated alkanes) is 1. The van der Waals surface area contributed by atoms with Crippen LogP contribution in [0.5, 0.6) is 0 Å². The number of rotatable bonds is 6. The van der Waals surface area contributed by atoms with Gasteiger partial charge in [0.15, 0.2) is 0 Å². The molecule has 3 amide bonds. The Morgan fingerprint density at radius 1 is 1.12 bits per heavy atom. The number of urea groups is 1. The van der Waals surface area contributed by atoms with Gasteiger partial charge < -0.3 is 20.6 Å². The van der Waals surface area contributed by atoms with Crippen LogP contribution in [0.25, 0.3) is 0 Å². The van der Waals surface area contributed by atoms with Gasteiger partial charge in [-0.25, -0.2) is 4.79 Å². The van der Waals surface area contributed by atoms with Gasteiger partial charge in [-0.15, -0.1) is 0 Å². The minimum absolute atomic E-state index is 0.0401. The molecule has 3 N–H and O–H groups in total. The molecule has 0 aromatic rings. The summed E-state index contributed by atoms with van der Waals surface area (Å²) in [5.74, 6) is -1.19. The first kappa shape index (κ1) is 19.5. The fourth-order valence-corrected chi connectivity index (χ4v) is 3.82. The monoisotopic (exact) mass is 353 g/mol. The number of piperidine rings is 1. The average Bonchev–Trinajstić information content (AvgIpc) is 2.62. The number of hydrogen-bond donors (Lipinski definition) is 3.